The number of aromatic nitrogens is 3. The zero-order valence-corrected chi connectivity index (χ0v) is 20.7. The molecule has 35 heavy (non-hydrogen) atoms. The van der Waals surface area contributed by atoms with Crippen LogP contribution in [0.25, 0.3) is 10.9 Å². The molecule has 9 heteroatoms. The monoisotopic (exact) mass is 498 g/mol. The molecule has 1 aliphatic rings. The third-order valence-electron chi connectivity index (χ3n) is 6.66. The first-order valence-electron chi connectivity index (χ1n) is 12.0. The number of fused-ring (bicyclic) bond motifs is 1. The highest BCUT2D eigenvalue weighted by Gasteiger charge is 2.34. The van der Waals surface area contributed by atoms with Gasteiger partial charge in [-0.15, -0.1) is 0 Å². The quantitative estimate of drug-likeness (QED) is 0.224. The smallest absolute Gasteiger partial charge is 0.308 e. The van der Waals surface area contributed by atoms with Crippen molar-refractivity contribution in [2.24, 2.45) is 11.8 Å². The molecule has 1 unspecified atom stereocenters. The van der Waals surface area contributed by atoms with E-state index in [1.165, 1.54) is 0 Å². The van der Waals surface area contributed by atoms with Crippen LogP contribution >= 0.6 is 11.8 Å². The second-order valence-corrected chi connectivity index (χ2v) is 9.92. The fourth-order valence-corrected chi connectivity index (χ4v) is 5.50. The molecule has 186 valence electrons. The highest BCUT2D eigenvalue weighted by Crippen LogP contribution is 2.35. The van der Waals surface area contributed by atoms with Gasteiger partial charge in [-0.1, -0.05) is 11.8 Å². The van der Waals surface area contributed by atoms with Gasteiger partial charge >= 0.3 is 5.97 Å². The van der Waals surface area contributed by atoms with Crippen molar-refractivity contribution in [2.45, 2.75) is 37.0 Å². The lowest BCUT2D eigenvalue weighted by molar-refractivity contribution is -0.146. The van der Waals surface area contributed by atoms with Gasteiger partial charge < -0.3 is 14.7 Å². The number of piperidine rings is 1. The van der Waals surface area contributed by atoms with Gasteiger partial charge in [-0.3, -0.25) is 9.78 Å². The van der Waals surface area contributed by atoms with E-state index in [1.54, 1.807) is 49.6 Å². The Balaban J connectivity index is 1.30. The minimum atomic E-state index is -1.18. The topological polar surface area (TPSA) is 88.4 Å². The zero-order valence-electron chi connectivity index (χ0n) is 19.8. The number of alkyl halides is 1. The fourth-order valence-electron chi connectivity index (χ4n) is 4.77. The number of benzene rings is 1. The van der Waals surface area contributed by atoms with Gasteiger partial charge in [-0.2, -0.15) is 0 Å². The molecule has 7 nitrogen and oxygen atoms in total. The first-order chi connectivity index (χ1) is 17.0. The number of carboxylic acids is 1. The molecule has 3 atom stereocenters. The number of methoxy groups -OCH3 is 1. The van der Waals surface area contributed by atoms with Crippen LogP contribution in [0.5, 0.6) is 5.75 Å². The molecule has 0 aliphatic carbocycles. The summed E-state index contributed by atoms with van der Waals surface area (Å²) < 4.78 is 20.7. The second kappa shape index (κ2) is 12.3. The SMILES string of the molecule is COc1ccc2nccc(C(F)CC[C@@H]3CCN(CCCSc4ncccn4)C[C@@H]3C(=O)O)c2c1. The van der Waals surface area contributed by atoms with Gasteiger partial charge in [0.2, 0.25) is 0 Å². The number of hydrogen-bond acceptors (Lipinski definition) is 7. The predicted molar refractivity (Wildman–Crippen MR) is 134 cm³/mol. The Morgan fingerprint density at radius 1 is 1.26 bits per heavy atom. The third-order valence-corrected chi connectivity index (χ3v) is 7.62. The van der Waals surface area contributed by atoms with E-state index in [2.05, 4.69) is 19.9 Å². The number of nitrogens with zero attached hydrogens (tertiary/aromatic N) is 4. The molecule has 3 heterocycles. The zero-order chi connectivity index (χ0) is 24.6. The van der Waals surface area contributed by atoms with Gasteiger partial charge in [0.15, 0.2) is 5.16 Å². The molecule has 1 saturated heterocycles. The van der Waals surface area contributed by atoms with Gasteiger partial charge in [0.1, 0.15) is 11.9 Å². The van der Waals surface area contributed by atoms with Crippen molar-refractivity contribution in [1.82, 2.24) is 19.9 Å². The number of aliphatic carboxylic acids is 1. The first-order valence-corrected chi connectivity index (χ1v) is 13.0. The van der Waals surface area contributed by atoms with Crippen LogP contribution in [0.15, 0.2) is 54.1 Å². The Morgan fingerprint density at radius 3 is 2.86 bits per heavy atom. The number of rotatable bonds is 11. The molecule has 0 bridgehead atoms. The van der Waals surface area contributed by atoms with E-state index in [0.29, 0.717) is 30.7 Å². The number of pyridine rings is 1. The van der Waals surface area contributed by atoms with Crippen molar-refractivity contribution in [3.63, 3.8) is 0 Å². The lowest BCUT2D eigenvalue weighted by atomic mass is 9.81. The fraction of sp³-hybridized carbons (Fsp3) is 0.462. The number of thioether (sulfide) groups is 1. The Bertz CT molecular complexity index is 1120. The summed E-state index contributed by atoms with van der Waals surface area (Å²) in [4.78, 5) is 27.0. The maximum absolute atomic E-state index is 15.4. The third kappa shape index (κ3) is 6.67. The minimum absolute atomic E-state index is 0.0308. The molecule has 2 aromatic heterocycles. The van der Waals surface area contributed by atoms with Crippen molar-refractivity contribution in [3.05, 3.63) is 54.5 Å². The van der Waals surface area contributed by atoms with Crippen LogP contribution in [0.3, 0.4) is 0 Å². The van der Waals surface area contributed by atoms with E-state index in [1.807, 2.05) is 18.2 Å². The molecule has 4 rings (SSSR count). The lowest BCUT2D eigenvalue weighted by Crippen LogP contribution is -2.44. The summed E-state index contributed by atoms with van der Waals surface area (Å²) >= 11 is 1.61. The first kappa shape index (κ1) is 25.3. The Kier molecular flexibility index (Phi) is 8.87. The second-order valence-electron chi connectivity index (χ2n) is 8.86. The molecule has 0 saturated carbocycles. The number of carbonyl (C=O) groups is 1. The van der Waals surface area contributed by atoms with Crippen LogP contribution in [0, 0.1) is 11.8 Å². The van der Waals surface area contributed by atoms with Crippen LogP contribution in [0.2, 0.25) is 0 Å². The summed E-state index contributed by atoms with van der Waals surface area (Å²) in [6.07, 6.45) is 6.43. The minimum Gasteiger partial charge on any atom is -0.497 e. The summed E-state index contributed by atoms with van der Waals surface area (Å²) in [5.41, 5.74) is 1.30. The van der Waals surface area contributed by atoms with Crippen molar-refractivity contribution in [3.8, 4) is 5.75 Å². The number of halogens is 1. The van der Waals surface area contributed by atoms with E-state index < -0.39 is 18.1 Å². The van der Waals surface area contributed by atoms with Gasteiger partial charge in [0.05, 0.1) is 18.5 Å². The number of hydrogen-bond donors (Lipinski definition) is 1. The molecule has 0 spiro atoms. The number of likely N-dealkylation sites (tertiary alicyclic amines) is 1. The van der Waals surface area contributed by atoms with Gasteiger partial charge in [-0.05, 0) is 80.6 Å². The van der Waals surface area contributed by atoms with E-state index in [9.17, 15) is 9.90 Å². The molecule has 1 aliphatic heterocycles. The summed E-state index contributed by atoms with van der Waals surface area (Å²) in [6, 6.07) is 8.95. The van der Waals surface area contributed by atoms with E-state index >= 15 is 4.39 Å². The molecule has 1 fully saturated rings. The van der Waals surface area contributed by atoms with Crippen molar-refractivity contribution in [2.75, 3.05) is 32.5 Å². The normalized spacial score (nSPS) is 19.5. The average molecular weight is 499 g/mol. The maximum Gasteiger partial charge on any atom is 0.308 e. The highest BCUT2D eigenvalue weighted by molar-refractivity contribution is 7.99. The lowest BCUT2D eigenvalue weighted by Gasteiger charge is -2.36. The van der Waals surface area contributed by atoms with Crippen LogP contribution in [-0.2, 0) is 4.79 Å². The number of ether oxygens (including phenoxy) is 1. The predicted octanol–water partition coefficient (Wildman–Crippen LogP) is 5.03. The van der Waals surface area contributed by atoms with E-state index in [0.717, 1.165) is 47.7 Å². The largest absolute Gasteiger partial charge is 0.497 e. The van der Waals surface area contributed by atoms with Crippen LogP contribution in [-0.4, -0.2) is 63.4 Å². The standard InChI is InChI=1S/C26H31FN4O3S/c1-34-19-5-7-24-21(16-19)20(8-12-28-24)23(27)6-4-18-9-14-31(17-22(18)25(32)33)13-3-15-35-26-29-10-2-11-30-26/h2,5,7-8,10-12,16,18,22-23H,3-4,6,9,13-15,17H2,1H3,(H,32,33)/t18-,22+,23?/m1/s1. The average Bonchev–Trinajstić information content (AvgIpc) is 2.89. The molecule has 0 amide bonds. The Morgan fingerprint density at radius 2 is 2.09 bits per heavy atom. The van der Waals surface area contributed by atoms with Crippen LogP contribution < -0.4 is 4.74 Å². The highest BCUT2D eigenvalue weighted by atomic mass is 32.2. The van der Waals surface area contributed by atoms with Gasteiger partial charge in [0.25, 0.3) is 0 Å². The Hall–Kier alpha value is -2.78. The van der Waals surface area contributed by atoms with E-state index in [-0.39, 0.29) is 5.92 Å². The summed E-state index contributed by atoms with van der Waals surface area (Å²) in [6.45, 7) is 2.19. The number of carboxylic acid groups (broad SMARTS) is 1. The molecular formula is C26H31FN4O3S. The van der Waals surface area contributed by atoms with Crippen molar-refractivity contribution in [1.29, 1.82) is 0 Å². The Labute approximate surface area is 209 Å². The van der Waals surface area contributed by atoms with Crippen LogP contribution in [0.1, 0.15) is 37.4 Å². The van der Waals surface area contributed by atoms with Crippen molar-refractivity contribution >= 4 is 28.6 Å². The van der Waals surface area contributed by atoms with Crippen molar-refractivity contribution < 1.29 is 19.0 Å². The molecule has 1 aromatic carbocycles. The molecule has 3 aromatic rings. The maximum atomic E-state index is 15.4. The van der Waals surface area contributed by atoms with E-state index in [4.69, 9.17) is 4.74 Å². The van der Waals surface area contributed by atoms with Crippen LogP contribution in [0.4, 0.5) is 4.39 Å². The van der Waals surface area contributed by atoms with Gasteiger partial charge in [-0.25, -0.2) is 14.4 Å². The molecular weight excluding hydrogens is 467 g/mol. The summed E-state index contributed by atoms with van der Waals surface area (Å²) in [7, 11) is 1.58. The van der Waals surface area contributed by atoms with Gasteiger partial charge in [0, 0.05) is 36.3 Å². The summed E-state index contributed by atoms with van der Waals surface area (Å²) in [5.74, 6) is 0.246. The molecule has 0 radical (unpaired) electrons. The summed E-state index contributed by atoms with van der Waals surface area (Å²) in [5, 5.41) is 11.4. The molecule has 1 N–H and O–H groups in total.